The molecule has 0 amide bonds. The molecule has 0 aromatic carbocycles. The monoisotopic (exact) mass is 241 g/mol. The Kier molecular flexibility index (Phi) is 5.95. The normalized spacial score (nSPS) is 15.0. The van der Waals surface area contributed by atoms with Gasteiger partial charge in [-0.15, -0.1) is 11.3 Å². The number of hydrogen-bond acceptors (Lipinski definition) is 4. The second kappa shape index (κ2) is 6.99. The van der Waals surface area contributed by atoms with Gasteiger partial charge in [-0.1, -0.05) is 13.3 Å². The molecule has 2 unspecified atom stereocenters. The van der Waals surface area contributed by atoms with Gasteiger partial charge in [0.1, 0.15) is 5.01 Å². The molecule has 92 valence electrons. The van der Waals surface area contributed by atoms with Crippen molar-refractivity contribution in [3.05, 3.63) is 16.1 Å². The van der Waals surface area contributed by atoms with Gasteiger partial charge in [-0.3, -0.25) is 0 Å². The zero-order valence-corrected chi connectivity index (χ0v) is 11.3. The summed E-state index contributed by atoms with van der Waals surface area (Å²) >= 11 is 1.77. The first-order valence-electron chi connectivity index (χ1n) is 6.03. The second-order valence-corrected chi connectivity index (χ2v) is 5.55. The molecule has 0 saturated carbocycles. The highest BCUT2D eigenvalue weighted by Gasteiger charge is 2.09. The first-order chi connectivity index (χ1) is 7.67. The van der Waals surface area contributed by atoms with Crippen LogP contribution in [-0.4, -0.2) is 18.1 Å². The maximum atomic E-state index is 5.68. The quantitative estimate of drug-likeness (QED) is 0.771. The van der Waals surface area contributed by atoms with Gasteiger partial charge >= 0.3 is 0 Å². The van der Waals surface area contributed by atoms with Gasteiger partial charge in [0, 0.05) is 11.1 Å². The number of rotatable bonds is 7. The van der Waals surface area contributed by atoms with Crippen LogP contribution in [0.1, 0.15) is 42.6 Å². The number of nitrogens with two attached hydrogens (primary N) is 1. The lowest BCUT2D eigenvalue weighted by atomic mass is 10.0. The number of aryl methyl sites for hydroxylation is 1. The molecule has 1 heterocycles. The Morgan fingerprint density at radius 2 is 2.31 bits per heavy atom. The fourth-order valence-electron chi connectivity index (χ4n) is 1.65. The summed E-state index contributed by atoms with van der Waals surface area (Å²) in [5.41, 5.74) is 5.68. The largest absolute Gasteiger partial charge is 0.330 e. The number of aromatic nitrogens is 1. The minimum Gasteiger partial charge on any atom is -0.330 e. The molecule has 0 spiro atoms. The van der Waals surface area contributed by atoms with Crippen LogP contribution in [0.5, 0.6) is 0 Å². The van der Waals surface area contributed by atoms with Gasteiger partial charge in [0.2, 0.25) is 0 Å². The summed E-state index contributed by atoms with van der Waals surface area (Å²) in [7, 11) is 0. The van der Waals surface area contributed by atoms with Crippen LogP contribution < -0.4 is 11.1 Å². The standard InChI is InChI=1S/C12H23N3S/c1-4-11(7-13)5-6-14-10(3)12-15-8-9(2)16-12/h8,10-11,14H,4-7,13H2,1-3H3. The van der Waals surface area contributed by atoms with Crippen molar-refractivity contribution in [3.63, 3.8) is 0 Å². The third kappa shape index (κ3) is 4.20. The van der Waals surface area contributed by atoms with E-state index >= 15 is 0 Å². The van der Waals surface area contributed by atoms with Gasteiger partial charge in [-0.25, -0.2) is 4.98 Å². The SMILES string of the molecule is CCC(CN)CCNC(C)c1ncc(C)s1. The highest BCUT2D eigenvalue weighted by Crippen LogP contribution is 2.19. The summed E-state index contributed by atoms with van der Waals surface area (Å²) < 4.78 is 0. The average molecular weight is 241 g/mol. The lowest BCUT2D eigenvalue weighted by Gasteiger charge is -2.15. The summed E-state index contributed by atoms with van der Waals surface area (Å²) in [5, 5.41) is 4.68. The summed E-state index contributed by atoms with van der Waals surface area (Å²) in [6.07, 6.45) is 4.26. The van der Waals surface area contributed by atoms with Crippen molar-refractivity contribution in [2.45, 2.75) is 39.7 Å². The maximum Gasteiger partial charge on any atom is 0.109 e. The van der Waals surface area contributed by atoms with Crippen molar-refractivity contribution < 1.29 is 0 Å². The van der Waals surface area contributed by atoms with Crippen molar-refractivity contribution in [1.82, 2.24) is 10.3 Å². The van der Waals surface area contributed by atoms with Gasteiger partial charge in [-0.2, -0.15) is 0 Å². The molecule has 3 N–H and O–H groups in total. The van der Waals surface area contributed by atoms with Crippen molar-refractivity contribution in [2.24, 2.45) is 11.7 Å². The fraction of sp³-hybridized carbons (Fsp3) is 0.750. The minimum atomic E-state index is 0.356. The van der Waals surface area contributed by atoms with Crippen LogP contribution in [-0.2, 0) is 0 Å². The first kappa shape index (κ1) is 13.6. The van der Waals surface area contributed by atoms with E-state index in [0.29, 0.717) is 12.0 Å². The van der Waals surface area contributed by atoms with Gasteiger partial charge in [0.25, 0.3) is 0 Å². The van der Waals surface area contributed by atoms with Crippen LogP contribution in [0.15, 0.2) is 6.20 Å². The average Bonchev–Trinajstić information content (AvgIpc) is 2.71. The number of nitrogens with one attached hydrogen (secondary N) is 1. The smallest absolute Gasteiger partial charge is 0.109 e. The van der Waals surface area contributed by atoms with Crippen LogP contribution in [0.3, 0.4) is 0 Å². The van der Waals surface area contributed by atoms with E-state index in [4.69, 9.17) is 5.73 Å². The first-order valence-corrected chi connectivity index (χ1v) is 6.84. The molecular weight excluding hydrogens is 218 g/mol. The Hall–Kier alpha value is -0.450. The topological polar surface area (TPSA) is 50.9 Å². The summed E-state index contributed by atoms with van der Waals surface area (Å²) in [6.45, 7) is 8.28. The Morgan fingerprint density at radius 1 is 1.56 bits per heavy atom. The molecular formula is C12H23N3S. The predicted molar refractivity (Wildman–Crippen MR) is 70.7 cm³/mol. The Morgan fingerprint density at radius 3 is 2.81 bits per heavy atom. The molecule has 1 rings (SSSR count). The van der Waals surface area contributed by atoms with Crippen LogP contribution in [0.4, 0.5) is 0 Å². The molecule has 0 aliphatic heterocycles. The van der Waals surface area contributed by atoms with Gasteiger partial charge < -0.3 is 11.1 Å². The van der Waals surface area contributed by atoms with Gasteiger partial charge in [0.05, 0.1) is 6.04 Å². The highest BCUT2D eigenvalue weighted by atomic mass is 32.1. The molecule has 2 atom stereocenters. The Labute approximate surface area is 102 Å². The Balaban J connectivity index is 2.27. The van der Waals surface area contributed by atoms with E-state index in [2.05, 4.69) is 31.1 Å². The van der Waals surface area contributed by atoms with Crippen LogP contribution >= 0.6 is 11.3 Å². The minimum absolute atomic E-state index is 0.356. The van der Waals surface area contributed by atoms with Crippen LogP contribution in [0.25, 0.3) is 0 Å². The number of hydrogen-bond donors (Lipinski definition) is 2. The third-order valence-corrected chi connectivity index (χ3v) is 4.02. The lowest BCUT2D eigenvalue weighted by Crippen LogP contribution is -2.24. The molecule has 0 fully saturated rings. The third-order valence-electron chi connectivity index (χ3n) is 2.92. The zero-order chi connectivity index (χ0) is 12.0. The molecule has 4 heteroatoms. The predicted octanol–water partition coefficient (Wildman–Crippen LogP) is 2.48. The van der Waals surface area contributed by atoms with Gasteiger partial charge in [-0.05, 0) is 39.3 Å². The van der Waals surface area contributed by atoms with E-state index in [-0.39, 0.29) is 0 Å². The van der Waals surface area contributed by atoms with Crippen molar-refractivity contribution in [1.29, 1.82) is 0 Å². The van der Waals surface area contributed by atoms with Gasteiger partial charge in [0.15, 0.2) is 0 Å². The summed E-state index contributed by atoms with van der Waals surface area (Å²) in [4.78, 5) is 5.66. The fourth-order valence-corrected chi connectivity index (χ4v) is 2.45. The van der Waals surface area contributed by atoms with E-state index in [0.717, 1.165) is 19.5 Å². The molecule has 1 aromatic rings. The maximum absolute atomic E-state index is 5.68. The summed E-state index contributed by atoms with van der Waals surface area (Å²) in [6, 6.07) is 0.356. The van der Waals surface area contributed by atoms with E-state index < -0.39 is 0 Å². The molecule has 0 saturated heterocycles. The summed E-state index contributed by atoms with van der Waals surface area (Å²) in [5.74, 6) is 0.651. The molecule has 0 radical (unpaired) electrons. The number of nitrogens with zero attached hydrogens (tertiary/aromatic N) is 1. The Bertz CT molecular complexity index is 294. The van der Waals surface area contributed by atoms with E-state index in [1.165, 1.54) is 16.3 Å². The molecule has 0 aliphatic carbocycles. The zero-order valence-electron chi connectivity index (χ0n) is 10.5. The van der Waals surface area contributed by atoms with E-state index in [1.807, 2.05) is 6.20 Å². The second-order valence-electron chi connectivity index (χ2n) is 4.28. The molecule has 0 bridgehead atoms. The molecule has 3 nitrogen and oxygen atoms in total. The number of thiazole rings is 1. The van der Waals surface area contributed by atoms with Crippen molar-refractivity contribution in [3.8, 4) is 0 Å². The van der Waals surface area contributed by atoms with E-state index in [9.17, 15) is 0 Å². The van der Waals surface area contributed by atoms with Crippen LogP contribution in [0.2, 0.25) is 0 Å². The van der Waals surface area contributed by atoms with Crippen LogP contribution in [0, 0.1) is 12.8 Å². The lowest BCUT2D eigenvalue weighted by molar-refractivity contribution is 0.441. The van der Waals surface area contributed by atoms with E-state index in [1.54, 1.807) is 11.3 Å². The van der Waals surface area contributed by atoms with Crippen molar-refractivity contribution in [2.75, 3.05) is 13.1 Å². The molecule has 1 aromatic heterocycles. The highest BCUT2D eigenvalue weighted by molar-refractivity contribution is 7.11. The molecule has 0 aliphatic rings. The van der Waals surface area contributed by atoms with Crippen molar-refractivity contribution >= 4 is 11.3 Å². The molecule has 16 heavy (non-hydrogen) atoms.